The van der Waals surface area contributed by atoms with Crippen LogP contribution in [-0.2, 0) is 21.4 Å². The van der Waals surface area contributed by atoms with Crippen molar-refractivity contribution in [1.29, 1.82) is 0 Å². The van der Waals surface area contributed by atoms with Crippen molar-refractivity contribution in [3.63, 3.8) is 0 Å². The molecule has 2 bridgehead atoms. The van der Waals surface area contributed by atoms with Gasteiger partial charge in [-0.05, 0) is 49.6 Å². The van der Waals surface area contributed by atoms with Crippen LogP contribution < -0.4 is 0 Å². The van der Waals surface area contributed by atoms with E-state index in [1.165, 1.54) is 27.4 Å². The van der Waals surface area contributed by atoms with Gasteiger partial charge in [-0.25, -0.2) is 8.42 Å². The Kier molecular flexibility index (Phi) is 6.53. The molecule has 2 aliphatic heterocycles. The first-order valence-electron chi connectivity index (χ1n) is 10.1. The van der Waals surface area contributed by atoms with E-state index in [2.05, 4.69) is 4.98 Å². The summed E-state index contributed by atoms with van der Waals surface area (Å²) in [6.07, 6.45) is 3.14. The molecule has 4 rings (SSSR count). The number of rotatable bonds is 5. The third-order valence-corrected chi connectivity index (χ3v) is 8.24. The second-order valence-electron chi connectivity index (χ2n) is 7.91. The number of pyridine rings is 1. The van der Waals surface area contributed by atoms with E-state index < -0.39 is 34.7 Å². The molecule has 3 atom stereocenters. The molecule has 2 aliphatic rings. The zero-order valence-corrected chi connectivity index (χ0v) is 19.0. The van der Waals surface area contributed by atoms with Gasteiger partial charge in [-0.15, -0.1) is 0 Å². The van der Waals surface area contributed by atoms with E-state index in [4.69, 9.17) is 23.2 Å². The summed E-state index contributed by atoms with van der Waals surface area (Å²) in [7, 11) is -4.13. The lowest BCUT2D eigenvalue weighted by atomic mass is 9.91. The quantitative estimate of drug-likeness (QED) is 0.643. The molecule has 166 valence electrons. The van der Waals surface area contributed by atoms with E-state index in [1.807, 2.05) is 6.07 Å². The molecule has 10 heteroatoms. The molecule has 0 radical (unpaired) electrons. The molecule has 31 heavy (non-hydrogen) atoms. The Morgan fingerprint density at radius 3 is 2.52 bits per heavy atom. The SMILES string of the molecule is O=C1C2CCCC(C(CF)CN1Cc1ccccn1)N2S(=O)(=O)c1cc(Cl)cc(Cl)c1. The van der Waals surface area contributed by atoms with Gasteiger partial charge in [0, 0.05) is 34.7 Å². The topological polar surface area (TPSA) is 70.6 Å². The molecular weight excluding hydrogens is 464 g/mol. The predicted molar refractivity (Wildman–Crippen MR) is 116 cm³/mol. The largest absolute Gasteiger partial charge is 0.335 e. The Morgan fingerprint density at radius 1 is 1.13 bits per heavy atom. The van der Waals surface area contributed by atoms with Crippen LogP contribution in [0.15, 0.2) is 47.5 Å². The van der Waals surface area contributed by atoms with E-state index >= 15 is 0 Å². The molecular formula is C21H22Cl2FN3O3S. The van der Waals surface area contributed by atoms with Crippen molar-refractivity contribution in [2.24, 2.45) is 5.92 Å². The number of piperidine rings is 1. The molecule has 0 saturated carbocycles. The fourth-order valence-electron chi connectivity index (χ4n) is 4.51. The van der Waals surface area contributed by atoms with Gasteiger partial charge in [0.2, 0.25) is 15.9 Å². The molecule has 1 aromatic carbocycles. The average Bonchev–Trinajstić information content (AvgIpc) is 2.81. The number of carbonyl (C=O) groups excluding carboxylic acids is 1. The monoisotopic (exact) mass is 485 g/mol. The van der Waals surface area contributed by atoms with Gasteiger partial charge in [0.25, 0.3) is 0 Å². The summed E-state index contributed by atoms with van der Waals surface area (Å²) in [5, 5.41) is 0.354. The van der Waals surface area contributed by atoms with Crippen LogP contribution in [0.25, 0.3) is 0 Å². The lowest BCUT2D eigenvalue weighted by molar-refractivity contribution is -0.135. The highest BCUT2D eigenvalue weighted by Crippen LogP contribution is 2.38. The summed E-state index contributed by atoms with van der Waals surface area (Å²) in [6.45, 7) is -0.391. The van der Waals surface area contributed by atoms with Crippen molar-refractivity contribution in [2.75, 3.05) is 13.2 Å². The summed E-state index contributed by atoms with van der Waals surface area (Å²) in [6, 6.07) is 7.91. The van der Waals surface area contributed by atoms with E-state index in [-0.39, 0.29) is 33.9 Å². The highest BCUT2D eigenvalue weighted by molar-refractivity contribution is 7.89. The Morgan fingerprint density at radius 2 is 1.87 bits per heavy atom. The summed E-state index contributed by atoms with van der Waals surface area (Å²) >= 11 is 12.1. The number of nitrogens with zero attached hydrogens (tertiary/aromatic N) is 3. The molecule has 6 nitrogen and oxygen atoms in total. The van der Waals surface area contributed by atoms with Gasteiger partial charge < -0.3 is 4.90 Å². The van der Waals surface area contributed by atoms with E-state index in [0.717, 1.165) is 0 Å². The van der Waals surface area contributed by atoms with Crippen LogP contribution in [0.1, 0.15) is 25.0 Å². The first-order chi connectivity index (χ1) is 14.8. The summed E-state index contributed by atoms with van der Waals surface area (Å²) in [5.41, 5.74) is 0.668. The van der Waals surface area contributed by atoms with Crippen LogP contribution >= 0.6 is 23.2 Å². The normalized spacial score (nSPS) is 24.8. The maximum absolute atomic E-state index is 14.2. The number of fused-ring (bicyclic) bond motifs is 2. The minimum absolute atomic E-state index is 0.0921. The van der Waals surface area contributed by atoms with Crippen molar-refractivity contribution in [1.82, 2.24) is 14.2 Å². The summed E-state index contributed by atoms with van der Waals surface area (Å²) in [5.74, 6) is -0.967. The number of benzene rings is 1. The molecule has 3 heterocycles. The van der Waals surface area contributed by atoms with Crippen molar-refractivity contribution >= 4 is 39.1 Å². The average molecular weight is 486 g/mol. The van der Waals surface area contributed by atoms with Crippen LogP contribution in [0, 0.1) is 5.92 Å². The summed E-state index contributed by atoms with van der Waals surface area (Å²) in [4.78, 5) is 19.2. The van der Waals surface area contributed by atoms with Crippen LogP contribution in [0.5, 0.6) is 0 Å². The van der Waals surface area contributed by atoms with Gasteiger partial charge >= 0.3 is 0 Å². The standard InChI is InChI=1S/C21H22Cl2FN3O3S/c22-15-8-16(23)10-18(9-15)31(29,30)27-19-5-3-6-20(27)21(28)26(12-14(19)11-24)13-17-4-1-2-7-25-17/h1-2,4,7-10,14,19-20H,3,5-6,11-13H2. The molecule has 1 amide bonds. The molecule has 0 N–H and O–H groups in total. The second kappa shape index (κ2) is 9.02. The van der Waals surface area contributed by atoms with Crippen molar-refractivity contribution in [3.8, 4) is 0 Å². The molecule has 0 spiro atoms. The number of halogens is 3. The molecule has 1 aromatic heterocycles. The predicted octanol–water partition coefficient (Wildman–Crippen LogP) is 3.93. The minimum Gasteiger partial charge on any atom is -0.335 e. The van der Waals surface area contributed by atoms with Gasteiger partial charge in [0.05, 0.1) is 23.8 Å². The van der Waals surface area contributed by atoms with Gasteiger partial charge in [-0.2, -0.15) is 4.31 Å². The first-order valence-corrected chi connectivity index (χ1v) is 12.2. The lowest BCUT2D eigenvalue weighted by Gasteiger charge is -2.40. The minimum atomic E-state index is -4.13. The fraction of sp³-hybridized carbons (Fsp3) is 0.429. The molecule has 3 unspecified atom stereocenters. The van der Waals surface area contributed by atoms with Crippen molar-refractivity contribution in [2.45, 2.75) is 42.8 Å². The van der Waals surface area contributed by atoms with Crippen LogP contribution in [0.2, 0.25) is 10.0 Å². The van der Waals surface area contributed by atoms with Crippen molar-refractivity contribution in [3.05, 3.63) is 58.3 Å². The Labute approximate surface area is 191 Å². The lowest BCUT2D eigenvalue weighted by Crippen LogP contribution is -2.54. The van der Waals surface area contributed by atoms with Gasteiger partial charge in [0.15, 0.2) is 0 Å². The second-order valence-corrected chi connectivity index (χ2v) is 10.6. The van der Waals surface area contributed by atoms with Crippen molar-refractivity contribution < 1.29 is 17.6 Å². The fourth-order valence-corrected chi connectivity index (χ4v) is 7.13. The zero-order chi connectivity index (χ0) is 22.2. The van der Waals surface area contributed by atoms with Crippen LogP contribution in [0.3, 0.4) is 0 Å². The number of amides is 1. The number of hydrogen-bond donors (Lipinski definition) is 0. The number of alkyl halides is 1. The molecule has 2 fully saturated rings. The number of sulfonamides is 1. The number of carbonyl (C=O) groups is 1. The van der Waals surface area contributed by atoms with Gasteiger partial charge in [-0.3, -0.25) is 14.2 Å². The highest BCUT2D eigenvalue weighted by Gasteiger charge is 2.50. The Hall–Kier alpha value is -1.74. The van der Waals surface area contributed by atoms with Gasteiger partial charge in [0.1, 0.15) is 6.04 Å². The van der Waals surface area contributed by atoms with E-state index in [1.54, 1.807) is 18.3 Å². The first kappa shape index (κ1) is 22.5. The number of hydrogen-bond acceptors (Lipinski definition) is 4. The number of aromatic nitrogens is 1. The summed E-state index contributed by atoms with van der Waals surface area (Å²) < 4.78 is 42.6. The third-order valence-electron chi connectivity index (χ3n) is 5.90. The van der Waals surface area contributed by atoms with Crippen LogP contribution in [0.4, 0.5) is 4.39 Å². The third kappa shape index (κ3) is 4.44. The van der Waals surface area contributed by atoms with Gasteiger partial charge in [-0.1, -0.05) is 29.3 Å². The molecule has 2 aromatic rings. The van der Waals surface area contributed by atoms with E-state index in [9.17, 15) is 17.6 Å². The Balaban J connectivity index is 1.75. The zero-order valence-electron chi connectivity index (χ0n) is 16.6. The molecule has 2 saturated heterocycles. The maximum Gasteiger partial charge on any atom is 0.244 e. The Bertz CT molecular complexity index is 1050. The smallest absolute Gasteiger partial charge is 0.244 e. The van der Waals surface area contributed by atoms with Crippen LogP contribution in [-0.4, -0.2) is 53.8 Å². The van der Waals surface area contributed by atoms with E-state index in [0.29, 0.717) is 25.0 Å². The highest BCUT2D eigenvalue weighted by atomic mass is 35.5. The maximum atomic E-state index is 14.2. The molecule has 0 aliphatic carbocycles.